The molecule has 1 aromatic carbocycles. The highest BCUT2D eigenvalue weighted by atomic mass is 19.1. The Morgan fingerprint density at radius 3 is 2.26 bits per heavy atom. The molecule has 0 radical (unpaired) electrons. The predicted octanol–water partition coefficient (Wildman–Crippen LogP) is 2.74. The van der Waals surface area contributed by atoms with Crippen molar-refractivity contribution in [2.45, 2.75) is 63.1 Å². The molecule has 0 aromatic heterocycles. The molecular formula is C21H25FN2O3. The summed E-state index contributed by atoms with van der Waals surface area (Å²) in [6, 6.07) is 5.45. The molecule has 1 N–H and O–H groups in total. The fourth-order valence-electron chi connectivity index (χ4n) is 6.38. The number of amides is 2. The van der Waals surface area contributed by atoms with Crippen LogP contribution in [-0.2, 0) is 4.79 Å². The van der Waals surface area contributed by atoms with E-state index in [1.807, 2.05) is 0 Å². The first-order valence-corrected chi connectivity index (χ1v) is 9.86. The molecule has 0 spiro atoms. The number of benzene rings is 1. The normalized spacial score (nSPS) is 38.9. The molecule has 6 heteroatoms. The van der Waals surface area contributed by atoms with Crippen molar-refractivity contribution in [2.24, 2.45) is 17.8 Å². The maximum atomic E-state index is 13.2. The summed E-state index contributed by atoms with van der Waals surface area (Å²) < 4.78 is 13.2. The average Bonchev–Trinajstić information content (AvgIpc) is 2.58. The van der Waals surface area contributed by atoms with Crippen LogP contribution in [0.15, 0.2) is 24.3 Å². The largest absolute Gasteiger partial charge is 0.390 e. The molecule has 4 bridgehead atoms. The minimum absolute atomic E-state index is 0.0215. The van der Waals surface area contributed by atoms with Gasteiger partial charge in [0.25, 0.3) is 11.8 Å². The summed E-state index contributed by atoms with van der Waals surface area (Å²) in [7, 11) is 0. The Kier molecular flexibility index (Phi) is 3.38. The number of hydrazine groups is 1. The third-order valence-electron chi connectivity index (χ3n) is 7.23. The van der Waals surface area contributed by atoms with Crippen molar-refractivity contribution in [3.8, 4) is 0 Å². The molecule has 2 atom stereocenters. The van der Waals surface area contributed by atoms with E-state index in [4.69, 9.17) is 0 Å². The summed E-state index contributed by atoms with van der Waals surface area (Å²) in [6.45, 7) is 3.52. The van der Waals surface area contributed by atoms with E-state index in [1.54, 1.807) is 23.9 Å². The standard InChI is InChI=1S/C21H25FN2O3/c1-20(2)19(26)23(24(20)18(25)13-3-5-16(22)6-4-13)17-14-7-12-8-15(17)11-21(27,9-12)10-14/h3-6,12,14-15,17,27H,7-11H2,1-2H3/t12?,14?,15?,17-,21-. The van der Waals surface area contributed by atoms with Crippen molar-refractivity contribution in [1.29, 1.82) is 0 Å². The van der Waals surface area contributed by atoms with E-state index in [2.05, 4.69) is 0 Å². The lowest BCUT2D eigenvalue weighted by Gasteiger charge is -2.66. The topological polar surface area (TPSA) is 60.9 Å². The Balaban J connectivity index is 1.47. The first-order chi connectivity index (χ1) is 12.7. The van der Waals surface area contributed by atoms with Gasteiger partial charge in [-0.25, -0.2) is 14.4 Å². The lowest BCUT2D eigenvalue weighted by molar-refractivity contribution is -0.243. The second-order valence-corrected chi connectivity index (χ2v) is 9.52. The third-order valence-corrected chi connectivity index (χ3v) is 7.23. The zero-order chi connectivity index (χ0) is 19.1. The first kappa shape index (κ1) is 17.2. The second kappa shape index (κ2) is 5.31. The number of hydrogen-bond acceptors (Lipinski definition) is 3. The van der Waals surface area contributed by atoms with Crippen LogP contribution in [-0.4, -0.2) is 44.1 Å². The molecule has 5 aliphatic rings. The molecule has 2 unspecified atom stereocenters. The number of carbonyl (C=O) groups excluding carboxylic acids is 2. The Morgan fingerprint density at radius 2 is 1.70 bits per heavy atom. The molecule has 4 saturated carbocycles. The van der Waals surface area contributed by atoms with E-state index < -0.39 is 17.0 Å². The SMILES string of the molecule is CC1(C)C(=O)N([C@H]2C3CC4CC2C[C@](O)(C4)C3)N1C(=O)c1ccc(F)cc1. The average molecular weight is 372 g/mol. The van der Waals surface area contributed by atoms with Gasteiger partial charge in [-0.05, 0) is 88.0 Å². The molecule has 5 nitrogen and oxygen atoms in total. The van der Waals surface area contributed by atoms with Gasteiger partial charge in [-0.1, -0.05) is 0 Å². The highest BCUT2D eigenvalue weighted by Gasteiger charge is 2.64. The summed E-state index contributed by atoms with van der Waals surface area (Å²) in [5, 5.41) is 14.1. The number of rotatable bonds is 2. The molecule has 1 aliphatic heterocycles. The minimum Gasteiger partial charge on any atom is -0.390 e. The highest BCUT2D eigenvalue weighted by Crippen LogP contribution is 2.58. The quantitative estimate of drug-likeness (QED) is 0.868. The molecule has 144 valence electrons. The number of nitrogens with zero attached hydrogens (tertiary/aromatic N) is 2. The lowest BCUT2D eigenvalue weighted by Crippen LogP contribution is -2.81. The molecule has 6 rings (SSSR count). The molecule has 5 fully saturated rings. The molecule has 1 saturated heterocycles. The summed E-state index contributed by atoms with van der Waals surface area (Å²) >= 11 is 0. The van der Waals surface area contributed by atoms with Gasteiger partial charge >= 0.3 is 0 Å². The van der Waals surface area contributed by atoms with Crippen molar-refractivity contribution < 1.29 is 19.1 Å². The van der Waals surface area contributed by atoms with Crippen LogP contribution in [0.3, 0.4) is 0 Å². The molecule has 1 aromatic rings. The number of hydrogen-bond donors (Lipinski definition) is 1. The monoisotopic (exact) mass is 372 g/mol. The van der Waals surface area contributed by atoms with Crippen molar-refractivity contribution in [1.82, 2.24) is 10.0 Å². The third kappa shape index (κ3) is 2.32. The molecular weight excluding hydrogens is 347 g/mol. The Hall–Kier alpha value is -1.95. The molecule has 2 amide bonds. The van der Waals surface area contributed by atoms with Crippen molar-refractivity contribution in [3.05, 3.63) is 35.6 Å². The molecule has 27 heavy (non-hydrogen) atoms. The van der Waals surface area contributed by atoms with E-state index in [-0.39, 0.29) is 29.7 Å². The van der Waals surface area contributed by atoms with Gasteiger partial charge in [-0.3, -0.25) is 9.59 Å². The maximum Gasteiger partial charge on any atom is 0.273 e. The van der Waals surface area contributed by atoms with Gasteiger partial charge in [-0.15, -0.1) is 0 Å². The van der Waals surface area contributed by atoms with Gasteiger partial charge in [0.15, 0.2) is 0 Å². The smallest absolute Gasteiger partial charge is 0.273 e. The number of carbonyl (C=O) groups is 2. The summed E-state index contributed by atoms with van der Waals surface area (Å²) in [4.78, 5) is 26.2. The van der Waals surface area contributed by atoms with Crippen molar-refractivity contribution >= 4 is 11.8 Å². The predicted molar refractivity (Wildman–Crippen MR) is 95.8 cm³/mol. The van der Waals surface area contributed by atoms with Crippen molar-refractivity contribution in [3.63, 3.8) is 0 Å². The summed E-state index contributed by atoms with van der Waals surface area (Å²) in [6.07, 6.45) is 4.35. The van der Waals surface area contributed by atoms with Crippen LogP contribution < -0.4 is 0 Å². The van der Waals surface area contributed by atoms with E-state index >= 15 is 0 Å². The van der Waals surface area contributed by atoms with Crippen LogP contribution in [0.4, 0.5) is 4.39 Å². The maximum absolute atomic E-state index is 13.2. The highest BCUT2D eigenvalue weighted by molar-refractivity contribution is 6.04. The zero-order valence-electron chi connectivity index (χ0n) is 15.7. The number of halogens is 1. The van der Waals surface area contributed by atoms with Gasteiger partial charge < -0.3 is 5.11 Å². The fraction of sp³-hybridized carbons (Fsp3) is 0.619. The Morgan fingerprint density at radius 1 is 1.11 bits per heavy atom. The number of aliphatic hydroxyl groups is 1. The summed E-state index contributed by atoms with van der Waals surface area (Å²) in [5.74, 6) is 0.315. The second-order valence-electron chi connectivity index (χ2n) is 9.52. The minimum atomic E-state index is -0.906. The van der Waals surface area contributed by atoms with Crippen LogP contribution in [0.2, 0.25) is 0 Å². The van der Waals surface area contributed by atoms with Crippen LogP contribution >= 0.6 is 0 Å². The fourth-order valence-corrected chi connectivity index (χ4v) is 6.38. The van der Waals surface area contributed by atoms with Crippen LogP contribution in [0.1, 0.15) is 56.3 Å². The van der Waals surface area contributed by atoms with E-state index in [1.165, 1.54) is 24.3 Å². The van der Waals surface area contributed by atoms with E-state index in [9.17, 15) is 19.1 Å². The molecule has 4 aliphatic carbocycles. The Labute approximate surface area is 158 Å². The van der Waals surface area contributed by atoms with Crippen molar-refractivity contribution in [2.75, 3.05) is 0 Å². The molecule has 1 heterocycles. The van der Waals surface area contributed by atoms with Gasteiger partial charge in [0.2, 0.25) is 0 Å². The van der Waals surface area contributed by atoms with E-state index in [0.717, 1.165) is 19.3 Å². The van der Waals surface area contributed by atoms with Crippen LogP contribution in [0.5, 0.6) is 0 Å². The van der Waals surface area contributed by atoms with Crippen LogP contribution in [0.25, 0.3) is 0 Å². The van der Waals surface area contributed by atoms with Crippen LogP contribution in [0, 0.1) is 23.6 Å². The first-order valence-electron chi connectivity index (χ1n) is 9.86. The van der Waals surface area contributed by atoms with E-state index in [0.29, 0.717) is 24.3 Å². The van der Waals surface area contributed by atoms with Gasteiger partial charge in [0, 0.05) is 5.56 Å². The Bertz CT molecular complexity index is 805. The zero-order valence-corrected chi connectivity index (χ0v) is 15.7. The van der Waals surface area contributed by atoms with Gasteiger partial charge in [0.1, 0.15) is 11.4 Å². The lowest BCUT2D eigenvalue weighted by atomic mass is 9.52. The van der Waals surface area contributed by atoms with Gasteiger partial charge in [-0.2, -0.15) is 0 Å². The van der Waals surface area contributed by atoms with Gasteiger partial charge in [0.05, 0.1) is 11.6 Å². The summed E-state index contributed by atoms with van der Waals surface area (Å²) in [5.41, 5.74) is -1.11.